The van der Waals surface area contributed by atoms with Crippen LogP contribution in [-0.4, -0.2) is 75.6 Å². The third-order valence-corrected chi connectivity index (χ3v) is 7.85. The van der Waals surface area contributed by atoms with Crippen LogP contribution in [0.1, 0.15) is 30.0 Å². The Kier molecular flexibility index (Phi) is 5.94. The number of pyridine rings is 1. The predicted molar refractivity (Wildman–Crippen MR) is 144 cm³/mol. The summed E-state index contributed by atoms with van der Waals surface area (Å²) >= 11 is 0. The van der Waals surface area contributed by atoms with E-state index in [-0.39, 0.29) is 0 Å². The molecule has 0 amide bonds. The second-order valence-corrected chi connectivity index (χ2v) is 10.2. The van der Waals surface area contributed by atoms with Crippen molar-refractivity contribution >= 4 is 22.5 Å². The van der Waals surface area contributed by atoms with Gasteiger partial charge in [-0.25, -0.2) is 14.6 Å². The lowest BCUT2D eigenvalue weighted by molar-refractivity contribution is 0.122. The summed E-state index contributed by atoms with van der Waals surface area (Å²) < 4.78 is 7.80. The SMILES string of the molecule is c1cncc(CN2CCC(n3ncc4c(N5CCOCC5)nc(-c5ccc6c(c5)CCN6)nc43)CC2)c1. The first-order chi connectivity index (χ1) is 18.3. The first-order valence-electron chi connectivity index (χ1n) is 13.4. The third kappa shape index (κ3) is 4.42. The van der Waals surface area contributed by atoms with E-state index in [1.807, 2.05) is 24.7 Å². The van der Waals surface area contributed by atoms with E-state index in [0.717, 1.165) is 100.0 Å². The van der Waals surface area contributed by atoms with Crippen LogP contribution in [0.3, 0.4) is 0 Å². The van der Waals surface area contributed by atoms with Crippen LogP contribution in [0.25, 0.3) is 22.4 Å². The molecular formula is C28H32N8O. The van der Waals surface area contributed by atoms with Crippen molar-refractivity contribution in [1.29, 1.82) is 0 Å². The topological polar surface area (TPSA) is 84.2 Å². The summed E-state index contributed by atoms with van der Waals surface area (Å²) in [5.41, 5.74) is 5.83. The molecule has 3 aliphatic heterocycles. The molecule has 0 saturated carbocycles. The Morgan fingerprint density at radius 1 is 1.00 bits per heavy atom. The van der Waals surface area contributed by atoms with Gasteiger partial charge < -0.3 is 15.0 Å². The lowest BCUT2D eigenvalue weighted by atomic mass is 10.0. The number of likely N-dealkylation sites (tertiary alicyclic amines) is 1. The van der Waals surface area contributed by atoms with Crippen molar-refractivity contribution in [2.75, 3.05) is 56.2 Å². The molecule has 190 valence electrons. The van der Waals surface area contributed by atoms with Crippen LogP contribution in [-0.2, 0) is 17.7 Å². The summed E-state index contributed by atoms with van der Waals surface area (Å²) in [4.78, 5) is 19.4. The van der Waals surface area contributed by atoms with E-state index in [2.05, 4.69) is 49.0 Å². The number of nitrogens with zero attached hydrogens (tertiary/aromatic N) is 7. The van der Waals surface area contributed by atoms with Gasteiger partial charge in [0.1, 0.15) is 5.82 Å². The fourth-order valence-corrected chi connectivity index (χ4v) is 5.84. The van der Waals surface area contributed by atoms with Gasteiger partial charge in [-0.3, -0.25) is 9.88 Å². The molecule has 0 unspecified atom stereocenters. The van der Waals surface area contributed by atoms with Crippen molar-refractivity contribution in [3.8, 4) is 11.4 Å². The largest absolute Gasteiger partial charge is 0.384 e. The van der Waals surface area contributed by atoms with Crippen molar-refractivity contribution in [3.63, 3.8) is 0 Å². The fraction of sp³-hybridized carbons (Fsp3) is 0.429. The molecule has 1 aromatic carbocycles. The summed E-state index contributed by atoms with van der Waals surface area (Å²) in [6, 6.07) is 11.0. The van der Waals surface area contributed by atoms with Crippen molar-refractivity contribution in [2.24, 2.45) is 0 Å². The number of hydrogen-bond donors (Lipinski definition) is 1. The van der Waals surface area contributed by atoms with E-state index in [1.165, 1.54) is 16.8 Å². The van der Waals surface area contributed by atoms with Gasteiger partial charge in [0.25, 0.3) is 0 Å². The molecule has 9 heteroatoms. The molecule has 2 saturated heterocycles. The number of nitrogens with one attached hydrogen (secondary N) is 1. The predicted octanol–water partition coefficient (Wildman–Crippen LogP) is 3.53. The standard InChI is InChI=1S/C28H32N8O/c1-2-20(17-29-8-1)19-34-10-6-23(7-11-34)36-28-24(18-31-36)27(35-12-14-37-15-13-35)32-26(33-28)22-3-4-25-21(16-22)5-9-30-25/h1-4,8,16-18,23,30H,5-7,9-15,19H2. The normalized spacial score (nSPS) is 18.8. The Morgan fingerprint density at radius 2 is 1.89 bits per heavy atom. The van der Waals surface area contributed by atoms with Crippen LogP contribution in [0.2, 0.25) is 0 Å². The Bertz CT molecular complexity index is 1390. The first kappa shape index (κ1) is 22.6. The number of piperidine rings is 1. The maximum absolute atomic E-state index is 5.63. The second-order valence-electron chi connectivity index (χ2n) is 10.2. The summed E-state index contributed by atoms with van der Waals surface area (Å²) in [6.07, 6.45) is 8.91. The molecule has 4 aromatic rings. The second kappa shape index (κ2) is 9.72. The number of fused-ring (bicyclic) bond motifs is 2. The Balaban J connectivity index is 1.21. The molecule has 9 nitrogen and oxygen atoms in total. The van der Waals surface area contributed by atoms with Crippen LogP contribution < -0.4 is 10.2 Å². The molecule has 0 spiro atoms. The average Bonchev–Trinajstić information content (AvgIpc) is 3.61. The van der Waals surface area contributed by atoms with E-state index in [0.29, 0.717) is 6.04 Å². The van der Waals surface area contributed by atoms with Crippen LogP contribution in [0.15, 0.2) is 48.9 Å². The van der Waals surface area contributed by atoms with E-state index in [4.69, 9.17) is 19.8 Å². The number of aromatic nitrogens is 5. The van der Waals surface area contributed by atoms with Crippen LogP contribution in [0.5, 0.6) is 0 Å². The fourth-order valence-electron chi connectivity index (χ4n) is 5.84. The molecule has 0 atom stereocenters. The van der Waals surface area contributed by atoms with E-state index in [1.54, 1.807) is 0 Å². The molecule has 0 bridgehead atoms. The summed E-state index contributed by atoms with van der Waals surface area (Å²) in [5.74, 6) is 1.75. The summed E-state index contributed by atoms with van der Waals surface area (Å²) in [5, 5.41) is 9.38. The monoisotopic (exact) mass is 496 g/mol. The minimum Gasteiger partial charge on any atom is -0.384 e. The molecule has 7 rings (SSSR count). The third-order valence-electron chi connectivity index (χ3n) is 7.85. The van der Waals surface area contributed by atoms with Crippen LogP contribution >= 0.6 is 0 Å². The number of rotatable bonds is 5. The number of ether oxygens (including phenoxy) is 1. The van der Waals surface area contributed by atoms with Crippen molar-refractivity contribution in [1.82, 2.24) is 29.6 Å². The smallest absolute Gasteiger partial charge is 0.164 e. The Morgan fingerprint density at radius 3 is 2.73 bits per heavy atom. The molecule has 37 heavy (non-hydrogen) atoms. The molecule has 3 aromatic heterocycles. The lowest BCUT2D eigenvalue weighted by Crippen LogP contribution is -2.37. The van der Waals surface area contributed by atoms with Crippen molar-refractivity contribution < 1.29 is 4.74 Å². The zero-order valence-electron chi connectivity index (χ0n) is 21.0. The Hall–Kier alpha value is -3.56. The molecule has 0 aliphatic carbocycles. The molecular weight excluding hydrogens is 464 g/mol. The maximum atomic E-state index is 5.63. The first-order valence-corrected chi connectivity index (χ1v) is 13.4. The van der Waals surface area contributed by atoms with Crippen molar-refractivity contribution in [3.05, 3.63) is 60.0 Å². The van der Waals surface area contributed by atoms with Gasteiger partial charge >= 0.3 is 0 Å². The van der Waals surface area contributed by atoms with Crippen LogP contribution in [0, 0.1) is 0 Å². The summed E-state index contributed by atoms with van der Waals surface area (Å²) in [7, 11) is 0. The van der Waals surface area contributed by atoms with Gasteiger partial charge in [0, 0.05) is 62.9 Å². The molecule has 3 aliphatic rings. The highest BCUT2D eigenvalue weighted by atomic mass is 16.5. The van der Waals surface area contributed by atoms with Gasteiger partial charge in [-0.2, -0.15) is 5.10 Å². The molecule has 0 radical (unpaired) electrons. The van der Waals surface area contributed by atoms with Gasteiger partial charge in [0.2, 0.25) is 0 Å². The van der Waals surface area contributed by atoms with Gasteiger partial charge in [-0.05, 0) is 54.7 Å². The van der Waals surface area contributed by atoms with Gasteiger partial charge in [0.15, 0.2) is 11.5 Å². The average molecular weight is 497 g/mol. The minimum absolute atomic E-state index is 0.326. The number of anilines is 2. The van der Waals surface area contributed by atoms with Crippen molar-refractivity contribution in [2.45, 2.75) is 31.8 Å². The van der Waals surface area contributed by atoms with E-state index < -0.39 is 0 Å². The highest BCUT2D eigenvalue weighted by Crippen LogP contribution is 2.33. The highest BCUT2D eigenvalue weighted by molar-refractivity contribution is 5.89. The number of hydrogen-bond acceptors (Lipinski definition) is 8. The highest BCUT2D eigenvalue weighted by Gasteiger charge is 2.26. The summed E-state index contributed by atoms with van der Waals surface area (Å²) in [6.45, 7) is 7.10. The van der Waals surface area contributed by atoms with Gasteiger partial charge in [-0.1, -0.05) is 6.07 Å². The number of benzene rings is 1. The quantitative estimate of drug-likeness (QED) is 0.449. The molecule has 6 heterocycles. The van der Waals surface area contributed by atoms with Crippen LogP contribution in [0.4, 0.5) is 11.5 Å². The van der Waals surface area contributed by atoms with E-state index >= 15 is 0 Å². The molecule has 1 N–H and O–H groups in total. The van der Waals surface area contributed by atoms with Gasteiger partial charge in [-0.15, -0.1) is 0 Å². The Labute approximate surface area is 216 Å². The maximum Gasteiger partial charge on any atom is 0.164 e. The zero-order valence-corrected chi connectivity index (χ0v) is 21.0. The van der Waals surface area contributed by atoms with Gasteiger partial charge in [0.05, 0.1) is 30.8 Å². The minimum atomic E-state index is 0.326. The zero-order chi connectivity index (χ0) is 24.6. The number of morpholine rings is 1. The lowest BCUT2D eigenvalue weighted by Gasteiger charge is -2.32. The molecule has 2 fully saturated rings. The van der Waals surface area contributed by atoms with E-state index in [9.17, 15) is 0 Å².